The maximum atomic E-state index is 13.2. The summed E-state index contributed by atoms with van der Waals surface area (Å²) in [6, 6.07) is 25.6. The van der Waals surface area contributed by atoms with Crippen molar-refractivity contribution in [3.05, 3.63) is 112 Å². The molecule has 1 atom stereocenters. The lowest BCUT2D eigenvalue weighted by atomic mass is 10.0. The van der Waals surface area contributed by atoms with E-state index in [1.807, 2.05) is 48.5 Å². The van der Waals surface area contributed by atoms with Crippen molar-refractivity contribution in [2.75, 3.05) is 11.8 Å². The van der Waals surface area contributed by atoms with Crippen molar-refractivity contribution in [2.24, 2.45) is 0 Å². The normalized spacial score (nSPS) is 12.0. The van der Waals surface area contributed by atoms with Crippen LogP contribution in [0.3, 0.4) is 0 Å². The minimum absolute atomic E-state index is 0.0641. The summed E-state index contributed by atoms with van der Waals surface area (Å²) in [6.07, 6.45) is 1.69. The smallest absolute Gasteiger partial charge is 0.209 e. The Hall–Kier alpha value is -4.44. The molecule has 6 rings (SSSR count). The van der Waals surface area contributed by atoms with Crippen LogP contribution >= 0.6 is 11.6 Å². The maximum absolute atomic E-state index is 13.2. The number of methoxy groups -OCH3 is 1. The molecule has 2 N–H and O–H groups in total. The SMILES string of the molecule is COc1ccc(N[S+]([O-])Cc2cc(=O)c3nc(-c4cc(Cl)c5ncccc5c4)c(-c4ccccc4)nc3[nH]2)cc1. The lowest BCUT2D eigenvalue weighted by Gasteiger charge is -2.14. The van der Waals surface area contributed by atoms with Crippen molar-refractivity contribution in [2.45, 2.75) is 5.75 Å². The molecule has 6 aromatic rings. The molecule has 198 valence electrons. The molecule has 0 aliphatic rings. The van der Waals surface area contributed by atoms with E-state index in [1.54, 1.807) is 43.6 Å². The van der Waals surface area contributed by atoms with Crippen LogP contribution in [0.5, 0.6) is 5.75 Å². The number of halogens is 1. The zero-order valence-electron chi connectivity index (χ0n) is 21.2. The number of nitrogens with zero attached hydrogens (tertiary/aromatic N) is 3. The number of aromatic nitrogens is 4. The largest absolute Gasteiger partial charge is 0.593 e. The van der Waals surface area contributed by atoms with Gasteiger partial charge in [0.05, 0.1) is 51.8 Å². The number of H-pyrrole nitrogens is 1. The molecule has 0 aliphatic carbocycles. The molecule has 3 aromatic carbocycles. The van der Waals surface area contributed by atoms with Crippen molar-refractivity contribution < 1.29 is 9.29 Å². The molecular formula is C30H22ClN5O3S. The summed E-state index contributed by atoms with van der Waals surface area (Å²) >= 11 is 5.08. The Balaban J connectivity index is 1.42. The van der Waals surface area contributed by atoms with Crippen molar-refractivity contribution >= 4 is 50.7 Å². The van der Waals surface area contributed by atoms with E-state index in [0.29, 0.717) is 50.3 Å². The summed E-state index contributed by atoms with van der Waals surface area (Å²) in [4.78, 5) is 30.4. The number of aromatic amines is 1. The van der Waals surface area contributed by atoms with Crippen LogP contribution in [0.1, 0.15) is 5.69 Å². The van der Waals surface area contributed by atoms with Crippen LogP contribution in [-0.4, -0.2) is 31.6 Å². The molecular weight excluding hydrogens is 546 g/mol. The van der Waals surface area contributed by atoms with E-state index in [2.05, 4.69) is 14.7 Å². The Morgan fingerprint density at radius 1 is 0.925 bits per heavy atom. The van der Waals surface area contributed by atoms with Crippen molar-refractivity contribution in [3.8, 4) is 28.3 Å². The van der Waals surface area contributed by atoms with Crippen LogP contribution in [-0.2, 0) is 17.1 Å². The minimum Gasteiger partial charge on any atom is -0.593 e. The number of pyridine rings is 2. The number of ether oxygens (including phenoxy) is 1. The van der Waals surface area contributed by atoms with Gasteiger partial charge in [0.25, 0.3) is 0 Å². The Labute approximate surface area is 237 Å². The summed E-state index contributed by atoms with van der Waals surface area (Å²) in [6.45, 7) is 0. The number of hydrogen-bond acceptors (Lipinski definition) is 7. The zero-order chi connectivity index (χ0) is 27.6. The molecule has 10 heteroatoms. The highest BCUT2D eigenvalue weighted by atomic mass is 35.5. The first-order valence-electron chi connectivity index (χ1n) is 12.3. The number of rotatable bonds is 7. The summed E-state index contributed by atoms with van der Waals surface area (Å²) in [7, 11) is 1.58. The van der Waals surface area contributed by atoms with Crippen LogP contribution in [0.15, 0.2) is 95.9 Å². The van der Waals surface area contributed by atoms with Gasteiger partial charge in [-0.2, -0.15) is 0 Å². The average molecular weight is 568 g/mol. The standard InChI is InChI=1S/C30H22ClN5O3S/c1-39-23-11-9-21(10-12-23)36-40(38)17-22-16-25(37)29-30(33-22)35-27(18-6-3-2-4-7-18)28(34-29)20-14-19-8-5-13-32-26(19)24(31)15-20/h2-16,36H,17H2,1H3,(H,33,35,37). The van der Waals surface area contributed by atoms with Crippen LogP contribution in [0.25, 0.3) is 44.6 Å². The van der Waals surface area contributed by atoms with E-state index in [1.165, 1.54) is 6.07 Å². The molecule has 0 aliphatic heterocycles. The molecule has 3 heterocycles. The van der Waals surface area contributed by atoms with Gasteiger partial charge in [-0.1, -0.05) is 48.0 Å². The molecule has 8 nitrogen and oxygen atoms in total. The van der Waals surface area contributed by atoms with Gasteiger partial charge >= 0.3 is 0 Å². The highest BCUT2D eigenvalue weighted by Gasteiger charge is 2.19. The van der Waals surface area contributed by atoms with E-state index < -0.39 is 11.4 Å². The van der Waals surface area contributed by atoms with Gasteiger partial charge in [0, 0.05) is 28.8 Å². The molecule has 0 saturated heterocycles. The molecule has 0 saturated carbocycles. The zero-order valence-corrected chi connectivity index (χ0v) is 22.8. The van der Waals surface area contributed by atoms with Gasteiger partial charge in [-0.25, -0.2) is 14.7 Å². The van der Waals surface area contributed by atoms with Gasteiger partial charge in [0.15, 0.2) is 16.9 Å². The summed E-state index contributed by atoms with van der Waals surface area (Å²) in [5.74, 6) is 0.763. The van der Waals surface area contributed by atoms with Crippen LogP contribution < -0.4 is 14.9 Å². The average Bonchev–Trinajstić information content (AvgIpc) is 2.97. The molecule has 0 amide bonds. The molecule has 0 fully saturated rings. The van der Waals surface area contributed by atoms with E-state index >= 15 is 0 Å². The van der Waals surface area contributed by atoms with Gasteiger partial charge in [0.1, 0.15) is 5.75 Å². The fourth-order valence-corrected chi connectivity index (χ4v) is 5.62. The molecule has 0 spiro atoms. The maximum Gasteiger partial charge on any atom is 0.209 e. The highest BCUT2D eigenvalue weighted by molar-refractivity contribution is 7.91. The third-order valence-corrected chi connectivity index (χ3v) is 7.63. The second-order valence-electron chi connectivity index (χ2n) is 9.00. The van der Waals surface area contributed by atoms with Crippen molar-refractivity contribution in [1.82, 2.24) is 19.9 Å². The van der Waals surface area contributed by atoms with Crippen LogP contribution in [0, 0.1) is 0 Å². The van der Waals surface area contributed by atoms with Crippen LogP contribution in [0.2, 0.25) is 5.02 Å². The van der Waals surface area contributed by atoms with Gasteiger partial charge in [-0.05, 0) is 42.5 Å². The number of fused-ring (bicyclic) bond motifs is 2. The number of nitrogens with one attached hydrogen (secondary N) is 2. The first kappa shape index (κ1) is 25.8. The van der Waals surface area contributed by atoms with E-state index in [4.69, 9.17) is 26.3 Å². The molecule has 0 radical (unpaired) electrons. The number of hydrogen-bond donors (Lipinski definition) is 2. The summed E-state index contributed by atoms with van der Waals surface area (Å²) in [5, 5.41) is 1.33. The number of anilines is 1. The van der Waals surface area contributed by atoms with Crippen molar-refractivity contribution in [3.63, 3.8) is 0 Å². The van der Waals surface area contributed by atoms with E-state index in [9.17, 15) is 9.35 Å². The molecule has 40 heavy (non-hydrogen) atoms. The monoisotopic (exact) mass is 567 g/mol. The molecule has 3 aromatic heterocycles. The van der Waals surface area contributed by atoms with E-state index in [0.717, 1.165) is 10.9 Å². The fraction of sp³-hybridized carbons (Fsp3) is 0.0667. The summed E-state index contributed by atoms with van der Waals surface area (Å²) < 4.78 is 20.9. The predicted octanol–water partition coefficient (Wildman–Crippen LogP) is 6.14. The second-order valence-corrected chi connectivity index (χ2v) is 10.6. The highest BCUT2D eigenvalue weighted by Crippen LogP contribution is 2.34. The van der Waals surface area contributed by atoms with Crippen molar-refractivity contribution in [1.29, 1.82) is 0 Å². The van der Waals surface area contributed by atoms with E-state index in [-0.39, 0.29) is 16.7 Å². The third kappa shape index (κ3) is 5.22. The molecule has 0 bridgehead atoms. The third-order valence-electron chi connectivity index (χ3n) is 6.30. The topological polar surface area (TPSA) is 116 Å². The minimum atomic E-state index is -1.50. The Bertz CT molecular complexity index is 1900. The predicted molar refractivity (Wildman–Crippen MR) is 160 cm³/mol. The molecule has 1 unspecified atom stereocenters. The second kappa shape index (κ2) is 11.0. The van der Waals surface area contributed by atoms with Crippen LogP contribution in [0.4, 0.5) is 5.69 Å². The lowest BCUT2D eigenvalue weighted by molar-refractivity contribution is 0.415. The Morgan fingerprint density at radius 3 is 2.48 bits per heavy atom. The first-order valence-corrected chi connectivity index (χ1v) is 14.0. The van der Waals surface area contributed by atoms with Gasteiger partial charge in [-0.3, -0.25) is 9.78 Å². The first-order chi connectivity index (χ1) is 19.5. The quantitative estimate of drug-likeness (QED) is 0.223. The lowest BCUT2D eigenvalue weighted by Crippen LogP contribution is -2.18. The summed E-state index contributed by atoms with van der Waals surface area (Å²) in [5.41, 5.74) is 4.62. The van der Waals surface area contributed by atoms with Gasteiger partial charge in [-0.15, -0.1) is 0 Å². The Morgan fingerprint density at radius 2 is 1.70 bits per heavy atom. The van der Waals surface area contributed by atoms with Gasteiger partial charge < -0.3 is 14.3 Å². The van der Waals surface area contributed by atoms with Gasteiger partial charge in [0.2, 0.25) is 5.43 Å². The number of benzene rings is 3. The Kier molecular flexibility index (Phi) is 7.08. The fourth-order valence-electron chi connectivity index (χ4n) is 4.44.